The number of nitrogens with zero attached hydrogens (tertiary/aromatic N) is 4. The molecule has 30 heavy (non-hydrogen) atoms. The zero-order valence-electron chi connectivity index (χ0n) is 17.4. The maximum atomic E-state index is 14.6. The smallest absolute Gasteiger partial charge is 0.266 e. The van der Waals surface area contributed by atoms with Crippen molar-refractivity contribution in [3.05, 3.63) is 58.7 Å². The van der Waals surface area contributed by atoms with Gasteiger partial charge in [-0.2, -0.15) is 0 Å². The van der Waals surface area contributed by atoms with Gasteiger partial charge in [-0.15, -0.1) is 0 Å². The molecule has 0 aliphatic heterocycles. The molecule has 3 aromatic rings. The highest BCUT2D eigenvalue weighted by atomic mass is 32.2. The lowest BCUT2D eigenvalue weighted by molar-refractivity contribution is 0.146. The van der Waals surface area contributed by atoms with E-state index in [0.29, 0.717) is 22.4 Å². The normalized spacial score (nSPS) is 13.5. The number of fused-ring (bicyclic) bond motifs is 1. The highest BCUT2D eigenvalue weighted by molar-refractivity contribution is 8.01. The molecule has 0 unspecified atom stereocenters. The van der Waals surface area contributed by atoms with Crippen LogP contribution in [0.1, 0.15) is 50.2 Å². The Morgan fingerprint density at radius 2 is 1.87 bits per heavy atom. The number of nitrogens with one attached hydrogen (secondary N) is 1. The first-order chi connectivity index (χ1) is 14.2. The molecule has 5 nitrogen and oxygen atoms in total. The average molecular weight is 436 g/mol. The first-order valence-corrected chi connectivity index (χ1v) is 10.4. The van der Waals surface area contributed by atoms with Gasteiger partial charge in [0.05, 0.1) is 23.3 Å². The predicted octanol–water partition coefficient (Wildman–Crippen LogP) is 5.48. The average Bonchev–Trinajstić information content (AvgIpc) is 2.70. The monoisotopic (exact) mass is 435 g/mol. The summed E-state index contributed by atoms with van der Waals surface area (Å²) >= 11 is 1.53. The SMILES string of the molecule is Cc1n/c(=N\[C@H](C)c2cccc(C(F)F)c2F)c2cc(NSC(C)C)ncc2n1C. The van der Waals surface area contributed by atoms with Crippen LogP contribution >= 0.6 is 11.9 Å². The highest BCUT2D eigenvalue weighted by Crippen LogP contribution is 2.28. The van der Waals surface area contributed by atoms with Gasteiger partial charge in [-0.25, -0.2) is 23.1 Å². The Balaban J connectivity index is 2.14. The molecular weight excluding hydrogens is 411 g/mol. The number of anilines is 1. The van der Waals surface area contributed by atoms with Crippen LogP contribution in [-0.4, -0.2) is 19.8 Å². The number of halogens is 3. The van der Waals surface area contributed by atoms with Crippen molar-refractivity contribution in [1.29, 1.82) is 0 Å². The molecule has 160 valence electrons. The van der Waals surface area contributed by atoms with E-state index in [0.717, 1.165) is 17.0 Å². The van der Waals surface area contributed by atoms with E-state index in [4.69, 9.17) is 0 Å². The summed E-state index contributed by atoms with van der Waals surface area (Å²) in [6, 6.07) is 5.13. The van der Waals surface area contributed by atoms with Crippen molar-refractivity contribution in [2.75, 3.05) is 4.72 Å². The number of rotatable bonds is 6. The van der Waals surface area contributed by atoms with Crippen LogP contribution in [0.3, 0.4) is 0 Å². The van der Waals surface area contributed by atoms with Gasteiger partial charge >= 0.3 is 0 Å². The van der Waals surface area contributed by atoms with Gasteiger partial charge in [-0.1, -0.05) is 32.0 Å². The van der Waals surface area contributed by atoms with E-state index in [1.165, 1.54) is 24.1 Å². The summed E-state index contributed by atoms with van der Waals surface area (Å²) in [6.07, 6.45) is -1.15. The van der Waals surface area contributed by atoms with Crippen LogP contribution in [0.5, 0.6) is 0 Å². The largest absolute Gasteiger partial charge is 0.331 e. The summed E-state index contributed by atoms with van der Waals surface area (Å²) in [4.78, 5) is 13.6. The van der Waals surface area contributed by atoms with Gasteiger partial charge in [-0.3, -0.25) is 4.99 Å². The van der Waals surface area contributed by atoms with Gasteiger partial charge in [0.15, 0.2) is 5.49 Å². The minimum absolute atomic E-state index is 0.108. The molecule has 0 saturated carbocycles. The second kappa shape index (κ2) is 9.07. The Morgan fingerprint density at radius 3 is 2.53 bits per heavy atom. The fraction of sp³-hybridized carbons (Fsp3) is 0.381. The second-order valence-electron chi connectivity index (χ2n) is 7.25. The van der Waals surface area contributed by atoms with Crippen LogP contribution in [0.15, 0.2) is 35.5 Å². The van der Waals surface area contributed by atoms with Gasteiger partial charge in [0.2, 0.25) is 0 Å². The van der Waals surface area contributed by atoms with Crippen molar-refractivity contribution in [2.24, 2.45) is 12.0 Å². The molecule has 3 rings (SSSR count). The number of pyridine rings is 1. The van der Waals surface area contributed by atoms with Crippen molar-refractivity contribution in [3.63, 3.8) is 0 Å². The van der Waals surface area contributed by atoms with Gasteiger partial charge in [0, 0.05) is 23.2 Å². The molecule has 2 heterocycles. The maximum absolute atomic E-state index is 14.6. The summed E-state index contributed by atoms with van der Waals surface area (Å²) in [5.74, 6) is 0.430. The molecule has 0 aliphatic rings. The molecule has 9 heteroatoms. The Morgan fingerprint density at radius 1 is 1.17 bits per heavy atom. The molecule has 0 aliphatic carbocycles. The van der Waals surface area contributed by atoms with Crippen LogP contribution in [-0.2, 0) is 7.05 Å². The van der Waals surface area contributed by atoms with Crippen molar-refractivity contribution < 1.29 is 13.2 Å². The summed E-state index contributed by atoms with van der Waals surface area (Å²) in [7, 11) is 1.88. The van der Waals surface area contributed by atoms with Gasteiger partial charge < -0.3 is 9.29 Å². The summed E-state index contributed by atoms with van der Waals surface area (Å²) in [6.45, 7) is 7.63. The Labute approximate surface area is 177 Å². The quantitative estimate of drug-likeness (QED) is 0.521. The predicted molar refractivity (Wildman–Crippen MR) is 115 cm³/mol. The zero-order chi connectivity index (χ0) is 22.0. The third-order valence-electron chi connectivity index (χ3n) is 4.70. The highest BCUT2D eigenvalue weighted by Gasteiger charge is 2.19. The zero-order valence-corrected chi connectivity index (χ0v) is 18.3. The van der Waals surface area contributed by atoms with E-state index < -0.39 is 23.8 Å². The second-order valence-corrected chi connectivity index (χ2v) is 8.64. The van der Waals surface area contributed by atoms with Crippen molar-refractivity contribution in [3.8, 4) is 0 Å². The Kier molecular flexibility index (Phi) is 6.70. The lowest BCUT2D eigenvalue weighted by Crippen LogP contribution is -2.18. The standard InChI is InChI=1S/C21H24F3N5S/c1-11(2)30-28-18-9-16-17(10-25-18)29(5)13(4)27-21(16)26-12(3)14-7-6-8-15(19(14)22)20(23)24/h6-12,20H,1-5H3,(H,25,28)/b26-21-/t12-/m1/s1. The van der Waals surface area contributed by atoms with Crippen LogP contribution in [0.2, 0.25) is 0 Å². The van der Waals surface area contributed by atoms with Gasteiger partial charge in [-0.05, 0) is 31.9 Å². The molecule has 0 radical (unpaired) electrons. The molecule has 0 amide bonds. The Hall–Kier alpha value is -2.55. The first kappa shape index (κ1) is 22.1. The summed E-state index contributed by atoms with van der Waals surface area (Å²) < 4.78 is 45.8. The van der Waals surface area contributed by atoms with Crippen molar-refractivity contribution in [2.45, 2.75) is 45.4 Å². The number of hydrogen-bond donors (Lipinski definition) is 1. The van der Waals surface area contributed by atoms with Crippen LogP contribution in [0.25, 0.3) is 10.9 Å². The van der Waals surface area contributed by atoms with Crippen LogP contribution in [0.4, 0.5) is 19.0 Å². The van der Waals surface area contributed by atoms with Crippen molar-refractivity contribution in [1.82, 2.24) is 14.5 Å². The third kappa shape index (κ3) is 4.61. The molecule has 1 atom stereocenters. The number of aryl methyl sites for hydroxylation is 2. The van der Waals surface area contributed by atoms with Crippen molar-refractivity contribution >= 4 is 28.7 Å². The summed E-state index contributed by atoms with van der Waals surface area (Å²) in [5, 5.41) is 1.10. The molecule has 0 fully saturated rings. The number of aromatic nitrogens is 3. The molecule has 0 bridgehead atoms. The molecule has 1 N–H and O–H groups in total. The fourth-order valence-corrected chi connectivity index (χ4v) is 3.47. The minimum atomic E-state index is -2.88. The van der Waals surface area contributed by atoms with E-state index in [2.05, 4.69) is 33.5 Å². The lowest BCUT2D eigenvalue weighted by Gasteiger charge is -2.14. The maximum Gasteiger partial charge on any atom is 0.266 e. The molecule has 0 spiro atoms. The number of benzene rings is 1. The van der Waals surface area contributed by atoms with E-state index in [1.54, 1.807) is 13.1 Å². The summed E-state index contributed by atoms with van der Waals surface area (Å²) in [5.41, 5.74) is 0.714. The fourth-order valence-electron chi connectivity index (χ4n) is 3.00. The topological polar surface area (TPSA) is 55.1 Å². The number of hydrogen-bond acceptors (Lipinski definition) is 5. The van der Waals surface area contributed by atoms with Crippen LogP contribution in [0, 0.1) is 12.7 Å². The van der Waals surface area contributed by atoms with E-state index >= 15 is 0 Å². The van der Waals surface area contributed by atoms with E-state index in [-0.39, 0.29) is 5.56 Å². The molecule has 1 aromatic carbocycles. The van der Waals surface area contributed by atoms with E-state index in [9.17, 15) is 13.2 Å². The van der Waals surface area contributed by atoms with E-state index in [1.807, 2.05) is 24.6 Å². The van der Waals surface area contributed by atoms with Gasteiger partial charge in [0.1, 0.15) is 17.5 Å². The molecule has 2 aromatic heterocycles. The van der Waals surface area contributed by atoms with Gasteiger partial charge in [0.25, 0.3) is 6.43 Å². The number of alkyl halides is 2. The lowest BCUT2D eigenvalue weighted by atomic mass is 10.0. The third-order valence-corrected chi connectivity index (χ3v) is 5.50. The minimum Gasteiger partial charge on any atom is -0.331 e. The molecule has 0 saturated heterocycles. The van der Waals surface area contributed by atoms with Crippen LogP contribution < -0.4 is 10.2 Å². The molecular formula is C21H24F3N5S. The first-order valence-electron chi connectivity index (χ1n) is 9.54. The Bertz CT molecular complexity index is 1130.